The quantitative estimate of drug-likeness (QED) is 0.690. The number of aromatic nitrogens is 3. The van der Waals surface area contributed by atoms with Crippen molar-refractivity contribution in [1.29, 1.82) is 0 Å². The van der Waals surface area contributed by atoms with Crippen molar-refractivity contribution in [3.8, 4) is 11.4 Å². The van der Waals surface area contributed by atoms with Crippen molar-refractivity contribution in [3.63, 3.8) is 0 Å². The second-order valence-electron chi connectivity index (χ2n) is 5.18. The number of benzene rings is 1. The lowest BCUT2D eigenvalue weighted by Gasteiger charge is -2.11. The molecule has 0 radical (unpaired) electrons. The van der Waals surface area contributed by atoms with Crippen LogP contribution in [0.5, 0.6) is 0 Å². The van der Waals surface area contributed by atoms with Crippen molar-refractivity contribution in [2.45, 2.75) is 20.4 Å². The van der Waals surface area contributed by atoms with Gasteiger partial charge in [0.05, 0.1) is 12.0 Å². The second kappa shape index (κ2) is 6.62. The highest BCUT2D eigenvalue weighted by molar-refractivity contribution is 5.93. The van der Waals surface area contributed by atoms with E-state index >= 15 is 0 Å². The Labute approximate surface area is 138 Å². The highest BCUT2D eigenvalue weighted by Crippen LogP contribution is 2.17. The van der Waals surface area contributed by atoms with Crippen LogP contribution in [-0.4, -0.2) is 27.1 Å². The molecule has 6 heteroatoms. The van der Waals surface area contributed by atoms with Crippen LogP contribution < -0.4 is 5.43 Å². The highest BCUT2D eigenvalue weighted by Gasteiger charge is 2.17. The van der Waals surface area contributed by atoms with Crippen LogP contribution in [0.15, 0.2) is 47.5 Å². The molecule has 3 rings (SSSR count). The summed E-state index contributed by atoms with van der Waals surface area (Å²) in [6.07, 6.45) is 2.98. The van der Waals surface area contributed by atoms with E-state index in [1.54, 1.807) is 11.5 Å². The molecule has 0 unspecified atom stereocenters. The van der Waals surface area contributed by atoms with E-state index in [0.717, 1.165) is 5.56 Å². The lowest BCUT2D eigenvalue weighted by molar-refractivity contribution is 0.0524. The van der Waals surface area contributed by atoms with Gasteiger partial charge in [0, 0.05) is 24.5 Å². The number of hydrogen-bond donors (Lipinski definition) is 0. The molecule has 0 atom stereocenters. The zero-order valence-electron chi connectivity index (χ0n) is 13.5. The van der Waals surface area contributed by atoms with Crippen LogP contribution in [0.4, 0.5) is 0 Å². The first kappa shape index (κ1) is 15.9. The fourth-order valence-corrected chi connectivity index (χ4v) is 2.49. The number of aryl methyl sites for hydroxylation is 1. The van der Waals surface area contributed by atoms with E-state index in [9.17, 15) is 9.59 Å². The fraction of sp³-hybridized carbons (Fsp3) is 0.222. The van der Waals surface area contributed by atoms with Crippen LogP contribution >= 0.6 is 0 Å². The second-order valence-corrected chi connectivity index (χ2v) is 5.18. The highest BCUT2D eigenvalue weighted by atomic mass is 16.5. The molecule has 24 heavy (non-hydrogen) atoms. The lowest BCUT2D eigenvalue weighted by atomic mass is 10.2. The Balaban J connectivity index is 2.22. The molecule has 3 aromatic rings. The molecule has 0 aliphatic carbocycles. The Morgan fingerprint density at radius 1 is 1.21 bits per heavy atom. The summed E-state index contributed by atoms with van der Waals surface area (Å²) in [5.74, 6) is -0.0904. The molecular weight excluding hydrogens is 306 g/mol. The summed E-state index contributed by atoms with van der Waals surface area (Å²) >= 11 is 0. The average Bonchev–Trinajstić information content (AvgIpc) is 2.62. The molecule has 0 aliphatic rings. The standard InChI is InChI=1S/C18H17N3O3/c1-3-21-11-14(18(23)24-4-2)15(22)13-10-19-16(20-17(13)21)12-8-6-5-7-9-12/h5-11H,3-4H2,1-2H3. The van der Waals surface area contributed by atoms with E-state index in [0.29, 0.717) is 23.4 Å². The number of esters is 1. The monoisotopic (exact) mass is 323 g/mol. The Morgan fingerprint density at radius 3 is 2.62 bits per heavy atom. The number of fused-ring (bicyclic) bond motifs is 1. The van der Waals surface area contributed by atoms with Crippen molar-refractivity contribution < 1.29 is 9.53 Å². The van der Waals surface area contributed by atoms with Gasteiger partial charge in [-0.2, -0.15) is 0 Å². The van der Waals surface area contributed by atoms with Gasteiger partial charge in [0.2, 0.25) is 5.43 Å². The van der Waals surface area contributed by atoms with Crippen molar-refractivity contribution in [2.75, 3.05) is 6.61 Å². The minimum Gasteiger partial charge on any atom is -0.462 e. The van der Waals surface area contributed by atoms with Crippen LogP contribution in [0.3, 0.4) is 0 Å². The smallest absolute Gasteiger partial charge is 0.343 e. The molecule has 0 N–H and O–H groups in total. The first-order valence-electron chi connectivity index (χ1n) is 7.78. The molecule has 0 saturated heterocycles. The molecule has 0 aliphatic heterocycles. The summed E-state index contributed by atoms with van der Waals surface area (Å²) in [5, 5.41) is 0.307. The summed E-state index contributed by atoms with van der Waals surface area (Å²) in [4.78, 5) is 33.4. The van der Waals surface area contributed by atoms with E-state index in [1.807, 2.05) is 37.3 Å². The van der Waals surface area contributed by atoms with E-state index in [2.05, 4.69) is 9.97 Å². The van der Waals surface area contributed by atoms with Crippen LogP contribution in [0.2, 0.25) is 0 Å². The zero-order chi connectivity index (χ0) is 17.1. The van der Waals surface area contributed by atoms with Crippen molar-refractivity contribution in [3.05, 3.63) is 58.5 Å². The first-order valence-corrected chi connectivity index (χ1v) is 7.78. The molecule has 1 aromatic carbocycles. The zero-order valence-corrected chi connectivity index (χ0v) is 13.5. The van der Waals surface area contributed by atoms with Gasteiger partial charge in [0.1, 0.15) is 11.2 Å². The third-order valence-corrected chi connectivity index (χ3v) is 3.68. The van der Waals surface area contributed by atoms with Gasteiger partial charge in [-0.3, -0.25) is 4.79 Å². The van der Waals surface area contributed by atoms with E-state index in [4.69, 9.17) is 4.74 Å². The Hall–Kier alpha value is -3.02. The summed E-state index contributed by atoms with van der Waals surface area (Å²) in [6, 6.07) is 9.53. The van der Waals surface area contributed by atoms with Crippen LogP contribution in [-0.2, 0) is 11.3 Å². The lowest BCUT2D eigenvalue weighted by Crippen LogP contribution is -2.21. The summed E-state index contributed by atoms with van der Waals surface area (Å²) in [5.41, 5.74) is 0.961. The number of rotatable bonds is 4. The molecule has 0 saturated carbocycles. The Bertz CT molecular complexity index is 949. The molecule has 0 fully saturated rings. The SMILES string of the molecule is CCOC(=O)c1cn(CC)c2nc(-c3ccccc3)ncc2c1=O. The molecule has 6 nitrogen and oxygen atoms in total. The minimum atomic E-state index is -0.626. The number of nitrogens with zero attached hydrogens (tertiary/aromatic N) is 3. The van der Waals surface area contributed by atoms with Crippen LogP contribution in [0, 0.1) is 0 Å². The van der Waals surface area contributed by atoms with Crippen molar-refractivity contribution in [1.82, 2.24) is 14.5 Å². The summed E-state index contributed by atoms with van der Waals surface area (Å²) in [7, 11) is 0. The van der Waals surface area contributed by atoms with E-state index < -0.39 is 11.4 Å². The Kier molecular flexibility index (Phi) is 4.37. The fourth-order valence-electron chi connectivity index (χ4n) is 2.49. The molecule has 2 aromatic heterocycles. The van der Waals surface area contributed by atoms with Crippen LogP contribution in [0.25, 0.3) is 22.4 Å². The predicted octanol–water partition coefficient (Wildman–Crippen LogP) is 2.66. The normalized spacial score (nSPS) is 10.8. The molecular formula is C18H17N3O3. The van der Waals surface area contributed by atoms with Gasteiger partial charge in [0.25, 0.3) is 0 Å². The van der Waals surface area contributed by atoms with Crippen LogP contribution in [0.1, 0.15) is 24.2 Å². The van der Waals surface area contributed by atoms with E-state index in [-0.39, 0.29) is 12.2 Å². The van der Waals surface area contributed by atoms with Gasteiger partial charge in [-0.1, -0.05) is 30.3 Å². The number of hydrogen-bond acceptors (Lipinski definition) is 5. The largest absolute Gasteiger partial charge is 0.462 e. The van der Waals surface area contributed by atoms with Crippen molar-refractivity contribution in [2.24, 2.45) is 0 Å². The topological polar surface area (TPSA) is 74.1 Å². The van der Waals surface area contributed by atoms with Gasteiger partial charge in [0.15, 0.2) is 5.82 Å². The van der Waals surface area contributed by atoms with E-state index in [1.165, 1.54) is 12.4 Å². The third kappa shape index (κ3) is 2.78. The summed E-state index contributed by atoms with van der Waals surface area (Å²) < 4.78 is 6.72. The maximum absolute atomic E-state index is 12.6. The number of ether oxygens (including phenoxy) is 1. The van der Waals surface area contributed by atoms with Gasteiger partial charge in [-0.25, -0.2) is 14.8 Å². The first-order chi connectivity index (χ1) is 11.7. The number of carbonyl (C=O) groups is 1. The van der Waals surface area contributed by atoms with Gasteiger partial charge >= 0.3 is 5.97 Å². The Morgan fingerprint density at radius 2 is 1.96 bits per heavy atom. The summed E-state index contributed by atoms with van der Waals surface area (Å²) in [6.45, 7) is 4.40. The molecule has 122 valence electrons. The molecule has 2 heterocycles. The molecule has 0 amide bonds. The molecule has 0 bridgehead atoms. The van der Waals surface area contributed by atoms with Gasteiger partial charge < -0.3 is 9.30 Å². The minimum absolute atomic E-state index is 0.00209. The maximum Gasteiger partial charge on any atom is 0.343 e. The van der Waals surface area contributed by atoms with Crippen molar-refractivity contribution >= 4 is 17.0 Å². The maximum atomic E-state index is 12.6. The molecule has 0 spiro atoms. The third-order valence-electron chi connectivity index (χ3n) is 3.68. The number of pyridine rings is 1. The van der Waals surface area contributed by atoms with Gasteiger partial charge in [-0.15, -0.1) is 0 Å². The van der Waals surface area contributed by atoms with Gasteiger partial charge in [-0.05, 0) is 13.8 Å². The average molecular weight is 323 g/mol. The number of carbonyl (C=O) groups excluding carboxylic acids is 1. The predicted molar refractivity (Wildman–Crippen MR) is 90.9 cm³/mol.